The Morgan fingerprint density at radius 1 is 1.43 bits per heavy atom. The van der Waals surface area contributed by atoms with Gasteiger partial charge in [0.25, 0.3) is 0 Å². The Bertz CT molecular complexity index is 288. The summed E-state index contributed by atoms with van der Waals surface area (Å²) in [4.78, 5) is 18.5. The molecule has 0 bridgehead atoms. The van der Waals surface area contributed by atoms with Crippen LogP contribution < -0.4 is 5.32 Å². The summed E-state index contributed by atoms with van der Waals surface area (Å²) in [5, 5.41) is 2.79. The van der Waals surface area contributed by atoms with E-state index in [1.807, 2.05) is 0 Å². The number of imidazole rings is 1. The summed E-state index contributed by atoms with van der Waals surface area (Å²) in [6.07, 6.45) is 9.00. The van der Waals surface area contributed by atoms with Crippen molar-refractivity contribution in [1.82, 2.24) is 9.97 Å². The fraction of sp³-hybridized carbons (Fsp3) is 0.600. The van der Waals surface area contributed by atoms with Gasteiger partial charge in [-0.2, -0.15) is 0 Å². The second-order valence-electron chi connectivity index (χ2n) is 3.76. The number of aromatic amines is 1. The Morgan fingerprint density at radius 3 is 2.86 bits per heavy atom. The third-order valence-corrected chi connectivity index (χ3v) is 2.72. The minimum Gasteiger partial charge on any atom is -0.331 e. The normalized spacial score (nSPS) is 18.0. The quantitative estimate of drug-likeness (QED) is 0.754. The average Bonchev–Trinajstić information content (AvgIpc) is 2.72. The highest BCUT2D eigenvalue weighted by Gasteiger charge is 2.21. The lowest BCUT2D eigenvalue weighted by Gasteiger charge is -2.19. The van der Waals surface area contributed by atoms with Gasteiger partial charge in [0.2, 0.25) is 11.9 Å². The average molecular weight is 193 g/mol. The maximum atomic E-state index is 11.7. The fourth-order valence-corrected chi connectivity index (χ4v) is 1.92. The van der Waals surface area contributed by atoms with Crippen LogP contribution in [0.15, 0.2) is 12.4 Å². The molecule has 4 heteroatoms. The van der Waals surface area contributed by atoms with E-state index in [9.17, 15) is 4.79 Å². The lowest BCUT2D eigenvalue weighted by molar-refractivity contribution is -0.120. The van der Waals surface area contributed by atoms with Crippen LogP contribution in [-0.2, 0) is 4.79 Å². The molecule has 4 nitrogen and oxygen atoms in total. The molecule has 1 aromatic rings. The molecular formula is C10H15N3O. The lowest BCUT2D eigenvalue weighted by atomic mass is 9.89. The molecule has 1 fully saturated rings. The predicted octanol–water partition coefficient (Wildman–Crippen LogP) is 1.93. The lowest BCUT2D eigenvalue weighted by Crippen LogP contribution is -2.25. The van der Waals surface area contributed by atoms with Gasteiger partial charge in [0.15, 0.2) is 0 Å². The first-order chi connectivity index (χ1) is 6.86. The van der Waals surface area contributed by atoms with Gasteiger partial charge in [-0.25, -0.2) is 4.98 Å². The Labute approximate surface area is 83.1 Å². The van der Waals surface area contributed by atoms with Crippen molar-refractivity contribution in [2.75, 3.05) is 5.32 Å². The van der Waals surface area contributed by atoms with E-state index in [0.29, 0.717) is 5.95 Å². The van der Waals surface area contributed by atoms with Gasteiger partial charge in [0.05, 0.1) is 0 Å². The van der Waals surface area contributed by atoms with Crippen LogP contribution in [0.1, 0.15) is 32.1 Å². The zero-order chi connectivity index (χ0) is 9.80. The van der Waals surface area contributed by atoms with Crippen molar-refractivity contribution >= 4 is 11.9 Å². The molecule has 2 N–H and O–H groups in total. The first-order valence-corrected chi connectivity index (χ1v) is 5.16. The van der Waals surface area contributed by atoms with Gasteiger partial charge < -0.3 is 4.98 Å². The SMILES string of the molecule is O=C(Nc1ncc[nH]1)C1CCCCC1. The second kappa shape index (κ2) is 4.26. The Hall–Kier alpha value is -1.32. The van der Waals surface area contributed by atoms with Crippen molar-refractivity contribution < 1.29 is 4.79 Å². The van der Waals surface area contributed by atoms with E-state index >= 15 is 0 Å². The highest BCUT2D eigenvalue weighted by molar-refractivity contribution is 5.90. The van der Waals surface area contributed by atoms with Gasteiger partial charge in [-0.15, -0.1) is 0 Å². The van der Waals surface area contributed by atoms with Crippen molar-refractivity contribution in [2.45, 2.75) is 32.1 Å². The topological polar surface area (TPSA) is 57.8 Å². The summed E-state index contributed by atoms with van der Waals surface area (Å²) >= 11 is 0. The molecule has 1 aliphatic rings. The highest BCUT2D eigenvalue weighted by atomic mass is 16.2. The van der Waals surface area contributed by atoms with Crippen LogP contribution in [0, 0.1) is 5.92 Å². The number of amides is 1. The number of nitrogens with zero attached hydrogens (tertiary/aromatic N) is 1. The molecule has 0 aromatic carbocycles. The molecule has 76 valence electrons. The number of H-pyrrole nitrogens is 1. The monoisotopic (exact) mass is 193 g/mol. The van der Waals surface area contributed by atoms with E-state index in [1.54, 1.807) is 12.4 Å². The summed E-state index contributed by atoms with van der Waals surface area (Å²) in [5.74, 6) is 0.856. The summed E-state index contributed by atoms with van der Waals surface area (Å²) in [5.41, 5.74) is 0. The Kier molecular flexibility index (Phi) is 2.81. The van der Waals surface area contributed by atoms with Gasteiger partial charge in [0, 0.05) is 18.3 Å². The predicted molar refractivity (Wildman–Crippen MR) is 53.8 cm³/mol. The van der Waals surface area contributed by atoms with Crippen molar-refractivity contribution in [2.24, 2.45) is 5.92 Å². The third-order valence-electron chi connectivity index (χ3n) is 2.72. The van der Waals surface area contributed by atoms with E-state index in [1.165, 1.54) is 19.3 Å². The van der Waals surface area contributed by atoms with Gasteiger partial charge in [-0.3, -0.25) is 10.1 Å². The largest absolute Gasteiger partial charge is 0.331 e. The Morgan fingerprint density at radius 2 is 2.21 bits per heavy atom. The molecule has 14 heavy (non-hydrogen) atoms. The summed E-state index contributed by atoms with van der Waals surface area (Å²) in [6, 6.07) is 0. The molecule has 2 rings (SSSR count). The first kappa shape index (κ1) is 9.24. The van der Waals surface area contributed by atoms with Crippen molar-refractivity contribution in [3.63, 3.8) is 0 Å². The molecule has 1 aromatic heterocycles. The number of hydrogen-bond donors (Lipinski definition) is 2. The van der Waals surface area contributed by atoms with Crippen LogP contribution in [0.5, 0.6) is 0 Å². The van der Waals surface area contributed by atoms with Crippen LogP contribution >= 0.6 is 0 Å². The van der Waals surface area contributed by atoms with Crippen LogP contribution in [0.3, 0.4) is 0 Å². The van der Waals surface area contributed by atoms with E-state index in [2.05, 4.69) is 15.3 Å². The zero-order valence-electron chi connectivity index (χ0n) is 8.12. The van der Waals surface area contributed by atoms with Crippen molar-refractivity contribution in [3.05, 3.63) is 12.4 Å². The molecule has 0 aliphatic heterocycles. The first-order valence-electron chi connectivity index (χ1n) is 5.16. The number of nitrogens with one attached hydrogen (secondary N) is 2. The van der Waals surface area contributed by atoms with E-state index in [0.717, 1.165) is 12.8 Å². The van der Waals surface area contributed by atoms with Gasteiger partial charge in [-0.1, -0.05) is 19.3 Å². The number of aromatic nitrogens is 2. The molecule has 0 spiro atoms. The van der Waals surface area contributed by atoms with Crippen LogP contribution in [0.4, 0.5) is 5.95 Å². The smallest absolute Gasteiger partial charge is 0.229 e. The minimum absolute atomic E-state index is 0.111. The number of rotatable bonds is 2. The van der Waals surface area contributed by atoms with Gasteiger partial charge >= 0.3 is 0 Å². The molecule has 1 aliphatic carbocycles. The maximum absolute atomic E-state index is 11.7. The number of carbonyl (C=O) groups excluding carboxylic acids is 1. The second-order valence-corrected chi connectivity index (χ2v) is 3.76. The molecule has 0 atom stereocenters. The van der Waals surface area contributed by atoms with Crippen LogP contribution in [-0.4, -0.2) is 15.9 Å². The van der Waals surface area contributed by atoms with Crippen molar-refractivity contribution in [1.29, 1.82) is 0 Å². The molecule has 1 heterocycles. The highest BCUT2D eigenvalue weighted by Crippen LogP contribution is 2.24. The van der Waals surface area contributed by atoms with Crippen LogP contribution in [0.25, 0.3) is 0 Å². The Balaban J connectivity index is 1.88. The number of carbonyl (C=O) groups is 1. The summed E-state index contributed by atoms with van der Waals surface area (Å²) < 4.78 is 0. The van der Waals surface area contributed by atoms with E-state index < -0.39 is 0 Å². The molecular weight excluding hydrogens is 178 g/mol. The number of anilines is 1. The molecule has 0 unspecified atom stereocenters. The fourth-order valence-electron chi connectivity index (χ4n) is 1.92. The maximum Gasteiger partial charge on any atom is 0.229 e. The molecule has 1 amide bonds. The van der Waals surface area contributed by atoms with Gasteiger partial charge in [-0.05, 0) is 12.8 Å². The minimum atomic E-state index is 0.111. The zero-order valence-corrected chi connectivity index (χ0v) is 8.12. The van der Waals surface area contributed by atoms with Crippen molar-refractivity contribution in [3.8, 4) is 0 Å². The van der Waals surface area contributed by atoms with Crippen LogP contribution in [0.2, 0.25) is 0 Å². The molecule has 1 saturated carbocycles. The van der Waals surface area contributed by atoms with E-state index in [-0.39, 0.29) is 11.8 Å². The summed E-state index contributed by atoms with van der Waals surface area (Å²) in [6.45, 7) is 0. The third kappa shape index (κ3) is 2.13. The van der Waals surface area contributed by atoms with E-state index in [4.69, 9.17) is 0 Å². The standard InChI is InChI=1S/C10H15N3O/c14-9(8-4-2-1-3-5-8)13-10-11-6-7-12-10/h6-8H,1-5H2,(H2,11,12,13,14). The summed E-state index contributed by atoms with van der Waals surface area (Å²) in [7, 11) is 0. The van der Waals surface area contributed by atoms with Gasteiger partial charge in [0.1, 0.15) is 0 Å². The molecule has 0 saturated heterocycles. The molecule has 0 radical (unpaired) electrons. The number of hydrogen-bond acceptors (Lipinski definition) is 2.